The number of aromatic nitrogens is 4. The van der Waals surface area contributed by atoms with Crippen molar-refractivity contribution in [3.8, 4) is 17.0 Å². The molecule has 2 aromatic heterocycles. The van der Waals surface area contributed by atoms with E-state index in [1.54, 1.807) is 0 Å². The molecule has 2 aromatic carbocycles. The molecule has 0 aliphatic heterocycles. The first-order chi connectivity index (χ1) is 15.6. The maximum Gasteiger partial charge on any atom is 0.194 e. The Morgan fingerprint density at radius 2 is 1.78 bits per heavy atom. The molecule has 0 bridgehead atoms. The molecule has 0 fully saturated rings. The third-order valence-corrected chi connectivity index (χ3v) is 5.55. The van der Waals surface area contributed by atoms with Crippen LogP contribution in [0.25, 0.3) is 11.3 Å². The van der Waals surface area contributed by atoms with Gasteiger partial charge in [-0.15, -0.1) is 0 Å². The van der Waals surface area contributed by atoms with Crippen LogP contribution in [0.2, 0.25) is 0 Å². The first-order valence-corrected chi connectivity index (χ1v) is 11.4. The van der Waals surface area contributed by atoms with Gasteiger partial charge in [-0.3, -0.25) is 5.10 Å². The molecule has 8 heteroatoms. The highest BCUT2D eigenvalue weighted by atomic mass is 32.2. The van der Waals surface area contributed by atoms with Crippen LogP contribution in [0, 0.1) is 6.92 Å². The molecule has 32 heavy (non-hydrogen) atoms. The van der Waals surface area contributed by atoms with E-state index in [0.717, 1.165) is 52.7 Å². The van der Waals surface area contributed by atoms with Crippen molar-refractivity contribution >= 4 is 29.1 Å². The summed E-state index contributed by atoms with van der Waals surface area (Å²) in [7, 11) is 0. The number of nitrogen functional groups attached to an aromatic ring is 1. The average Bonchev–Trinajstić information content (AvgIpc) is 3.20. The predicted molar refractivity (Wildman–Crippen MR) is 129 cm³/mol. The third kappa shape index (κ3) is 5.79. The summed E-state index contributed by atoms with van der Waals surface area (Å²) in [4.78, 5) is 10.5. The van der Waals surface area contributed by atoms with Gasteiger partial charge < -0.3 is 15.8 Å². The Labute approximate surface area is 191 Å². The van der Waals surface area contributed by atoms with Crippen molar-refractivity contribution in [1.82, 2.24) is 20.2 Å². The fraction of sp³-hybridized carbons (Fsp3) is 0.208. The van der Waals surface area contributed by atoms with Gasteiger partial charge in [0.15, 0.2) is 11.0 Å². The molecule has 164 valence electrons. The summed E-state index contributed by atoms with van der Waals surface area (Å²) in [5.74, 6) is 2.23. The summed E-state index contributed by atoms with van der Waals surface area (Å²) in [6, 6.07) is 19.5. The van der Waals surface area contributed by atoms with Gasteiger partial charge in [0, 0.05) is 34.0 Å². The Balaban J connectivity index is 1.62. The Morgan fingerprint density at radius 1 is 1.00 bits per heavy atom. The lowest BCUT2D eigenvalue weighted by Gasteiger charge is -2.10. The minimum Gasteiger partial charge on any atom is -0.494 e. The number of benzene rings is 2. The number of hydrogen-bond donors (Lipinski definition) is 3. The van der Waals surface area contributed by atoms with Crippen LogP contribution in [-0.2, 0) is 0 Å². The lowest BCUT2D eigenvalue weighted by molar-refractivity contribution is 0.309. The van der Waals surface area contributed by atoms with Crippen molar-refractivity contribution in [2.75, 3.05) is 17.7 Å². The number of aryl methyl sites for hydroxylation is 1. The predicted octanol–water partition coefficient (Wildman–Crippen LogP) is 5.83. The molecular formula is C24H26N6OS. The van der Waals surface area contributed by atoms with Crippen molar-refractivity contribution in [2.45, 2.75) is 36.7 Å². The van der Waals surface area contributed by atoms with Gasteiger partial charge in [0.2, 0.25) is 0 Å². The Kier molecular flexibility index (Phi) is 6.91. The molecule has 0 amide bonds. The highest BCUT2D eigenvalue weighted by Crippen LogP contribution is 2.30. The van der Waals surface area contributed by atoms with E-state index in [0.29, 0.717) is 16.8 Å². The van der Waals surface area contributed by atoms with Gasteiger partial charge in [0.05, 0.1) is 12.3 Å². The van der Waals surface area contributed by atoms with Crippen LogP contribution in [-0.4, -0.2) is 26.8 Å². The van der Waals surface area contributed by atoms with E-state index in [9.17, 15) is 0 Å². The number of nitrogens with two attached hydrogens (primary N) is 1. The van der Waals surface area contributed by atoms with E-state index >= 15 is 0 Å². The monoisotopic (exact) mass is 446 g/mol. The molecule has 4 rings (SSSR count). The van der Waals surface area contributed by atoms with Gasteiger partial charge in [-0.05, 0) is 73.6 Å². The zero-order valence-electron chi connectivity index (χ0n) is 18.1. The molecule has 0 radical (unpaired) electrons. The lowest BCUT2D eigenvalue weighted by atomic mass is 10.1. The second-order valence-corrected chi connectivity index (χ2v) is 8.42. The number of aromatic amines is 1. The SMILES string of the molecule is CCCCOc1ccc(-c2cc(Nc3cc(C)[nH]n3)nc(Sc3ccc(N)cc3)n2)cc1. The number of ether oxygens (including phenoxy) is 1. The number of anilines is 3. The fourth-order valence-corrected chi connectivity index (χ4v) is 3.76. The molecular weight excluding hydrogens is 420 g/mol. The summed E-state index contributed by atoms with van der Waals surface area (Å²) in [5.41, 5.74) is 9.30. The number of nitrogens with one attached hydrogen (secondary N) is 2. The first-order valence-electron chi connectivity index (χ1n) is 10.5. The summed E-state index contributed by atoms with van der Waals surface area (Å²) in [6.07, 6.45) is 2.15. The maximum atomic E-state index is 5.81. The highest BCUT2D eigenvalue weighted by molar-refractivity contribution is 7.99. The largest absolute Gasteiger partial charge is 0.494 e. The number of H-pyrrole nitrogens is 1. The Bertz CT molecular complexity index is 1160. The van der Waals surface area contributed by atoms with E-state index in [-0.39, 0.29) is 0 Å². The minimum atomic E-state index is 0.630. The fourth-order valence-electron chi connectivity index (χ4n) is 2.99. The molecule has 4 aromatic rings. The van der Waals surface area contributed by atoms with Gasteiger partial charge >= 0.3 is 0 Å². The van der Waals surface area contributed by atoms with Crippen molar-refractivity contribution in [3.63, 3.8) is 0 Å². The van der Waals surface area contributed by atoms with E-state index in [1.807, 2.05) is 67.6 Å². The molecule has 2 heterocycles. The Hall–Kier alpha value is -3.52. The van der Waals surface area contributed by atoms with Gasteiger partial charge in [0.25, 0.3) is 0 Å². The van der Waals surface area contributed by atoms with E-state index in [1.165, 1.54) is 11.8 Å². The van der Waals surface area contributed by atoms with Crippen molar-refractivity contribution in [3.05, 3.63) is 66.4 Å². The van der Waals surface area contributed by atoms with Crippen LogP contribution >= 0.6 is 11.8 Å². The summed E-state index contributed by atoms with van der Waals surface area (Å²) < 4.78 is 5.78. The van der Waals surface area contributed by atoms with Crippen molar-refractivity contribution < 1.29 is 4.74 Å². The quantitative estimate of drug-likeness (QED) is 0.169. The standard InChI is InChI=1S/C24H26N6OS/c1-3-4-13-31-19-9-5-17(6-10-19)21-15-22(27-23-14-16(2)29-30-23)28-24(26-21)32-20-11-7-18(25)8-12-20/h5-12,14-15H,3-4,13,25H2,1-2H3,(H2,26,27,28,29,30). The zero-order valence-corrected chi connectivity index (χ0v) is 18.9. The molecule has 0 spiro atoms. The maximum absolute atomic E-state index is 5.81. The number of nitrogens with zero attached hydrogens (tertiary/aromatic N) is 3. The van der Waals surface area contributed by atoms with E-state index < -0.39 is 0 Å². The van der Waals surface area contributed by atoms with E-state index in [4.69, 9.17) is 15.5 Å². The molecule has 0 saturated carbocycles. The first kappa shape index (κ1) is 21.7. The van der Waals surface area contributed by atoms with Gasteiger partial charge in [0.1, 0.15) is 11.6 Å². The number of rotatable bonds is 9. The van der Waals surface area contributed by atoms with Gasteiger partial charge in [-0.2, -0.15) is 5.10 Å². The molecule has 0 aliphatic rings. The second kappa shape index (κ2) is 10.2. The molecule has 7 nitrogen and oxygen atoms in total. The zero-order chi connectivity index (χ0) is 22.3. The lowest BCUT2D eigenvalue weighted by Crippen LogP contribution is -1.99. The van der Waals surface area contributed by atoms with Crippen LogP contribution in [0.4, 0.5) is 17.3 Å². The molecule has 0 saturated heterocycles. The smallest absolute Gasteiger partial charge is 0.194 e. The topological polar surface area (TPSA) is 102 Å². The normalized spacial score (nSPS) is 10.8. The van der Waals surface area contributed by atoms with Crippen LogP contribution in [0.3, 0.4) is 0 Å². The highest BCUT2D eigenvalue weighted by Gasteiger charge is 2.10. The third-order valence-electron chi connectivity index (χ3n) is 4.67. The summed E-state index contributed by atoms with van der Waals surface area (Å²) in [6.45, 7) is 4.83. The van der Waals surface area contributed by atoms with Crippen molar-refractivity contribution in [2.24, 2.45) is 0 Å². The van der Waals surface area contributed by atoms with Crippen LogP contribution in [0.15, 0.2) is 70.7 Å². The summed E-state index contributed by atoms with van der Waals surface area (Å²) in [5, 5.41) is 11.1. The van der Waals surface area contributed by atoms with Crippen LogP contribution in [0.1, 0.15) is 25.5 Å². The molecule has 0 unspecified atom stereocenters. The van der Waals surface area contributed by atoms with Crippen LogP contribution in [0.5, 0.6) is 5.75 Å². The molecule has 4 N–H and O–H groups in total. The number of unbranched alkanes of at least 4 members (excludes halogenated alkanes) is 1. The molecule has 0 atom stereocenters. The van der Waals surface area contributed by atoms with Crippen molar-refractivity contribution in [1.29, 1.82) is 0 Å². The average molecular weight is 447 g/mol. The minimum absolute atomic E-state index is 0.630. The van der Waals surface area contributed by atoms with Gasteiger partial charge in [-0.25, -0.2) is 9.97 Å². The van der Waals surface area contributed by atoms with Gasteiger partial charge in [-0.1, -0.05) is 13.3 Å². The second-order valence-electron chi connectivity index (χ2n) is 7.38. The summed E-state index contributed by atoms with van der Waals surface area (Å²) >= 11 is 1.48. The molecule has 0 aliphatic carbocycles. The number of hydrogen-bond acceptors (Lipinski definition) is 7. The van der Waals surface area contributed by atoms with E-state index in [2.05, 4.69) is 27.4 Å². The van der Waals surface area contributed by atoms with Crippen LogP contribution < -0.4 is 15.8 Å². The Morgan fingerprint density at radius 3 is 2.47 bits per heavy atom.